The number of carbonyl (C=O) groups is 1. The molecular weight excluding hydrogens is 236 g/mol. The molecule has 7 nitrogen and oxygen atoms in total. The predicted octanol–water partition coefficient (Wildman–Crippen LogP) is 0.707. The highest BCUT2D eigenvalue weighted by molar-refractivity contribution is 5.97. The molecule has 1 heterocycles. The van der Waals surface area contributed by atoms with Crippen LogP contribution in [-0.2, 0) is 0 Å². The quantitative estimate of drug-likeness (QED) is 0.598. The molecule has 1 aromatic carbocycles. The number of rotatable bonds is 3. The largest absolute Gasteiger partial charge is 0.508 e. The third-order valence-corrected chi connectivity index (χ3v) is 2.42. The van der Waals surface area contributed by atoms with E-state index in [1.54, 1.807) is 6.92 Å². The van der Waals surface area contributed by atoms with Gasteiger partial charge >= 0.3 is 0 Å². The van der Waals surface area contributed by atoms with Crippen molar-refractivity contribution in [2.24, 2.45) is 0 Å². The SMILES string of the molecule is CC(NC(=O)c1cc(O)ccc1O)c1ncn[nH]1. The molecule has 0 saturated heterocycles. The van der Waals surface area contributed by atoms with E-state index in [2.05, 4.69) is 20.5 Å². The van der Waals surface area contributed by atoms with Gasteiger partial charge in [0, 0.05) is 0 Å². The molecule has 0 spiro atoms. The number of hydrogen-bond acceptors (Lipinski definition) is 5. The van der Waals surface area contributed by atoms with E-state index < -0.39 is 5.91 Å². The fourth-order valence-corrected chi connectivity index (χ4v) is 1.47. The molecule has 4 N–H and O–H groups in total. The van der Waals surface area contributed by atoms with Crippen LogP contribution in [0.2, 0.25) is 0 Å². The minimum atomic E-state index is -0.507. The number of aromatic amines is 1. The first-order valence-electron chi connectivity index (χ1n) is 5.26. The minimum absolute atomic E-state index is 0.00126. The van der Waals surface area contributed by atoms with Gasteiger partial charge in [0.15, 0.2) is 0 Å². The normalized spacial score (nSPS) is 12.1. The van der Waals surface area contributed by atoms with Gasteiger partial charge in [-0.2, -0.15) is 5.10 Å². The van der Waals surface area contributed by atoms with Crippen molar-refractivity contribution in [2.75, 3.05) is 0 Å². The van der Waals surface area contributed by atoms with E-state index in [9.17, 15) is 15.0 Å². The number of nitrogens with one attached hydrogen (secondary N) is 2. The van der Waals surface area contributed by atoms with Crippen LogP contribution < -0.4 is 5.32 Å². The molecule has 1 atom stereocenters. The second-order valence-corrected chi connectivity index (χ2v) is 3.77. The van der Waals surface area contributed by atoms with Crippen LogP contribution in [0.4, 0.5) is 0 Å². The lowest BCUT2D eigenvalue weighted by Crippen LogP contribution is -2.27. The van der Waals surface area contributed by atoms with E-state index in [1.165, 1.54) is 24.5 Å². The molecule has 7 heteroatoms. The molecular formula is C11H12N4O3. The summed E-state index contributed by atoms with van der Waals surface area (Å²) in [4.78, 5) is 15.8. The molecule has 0 radical (unpaired) electrons. The molecule has 0 fully saturated rings. The molecule has 1 aromatic heterocycles. The number of phenols is 2. The van der Waals surface area contributed by atoms with Crippen molar-refractivity contribution in [1.82, 2.24) is 20.5 Å². The minimum Gasteiger partial charge on any atom is -0.508 e. The molecule has 0 aliphatic heterocycles. The van der Waals surface area contributed by atoms with E-state index in [1.807, 2.05) is 0 Å². The lowest BCUT2D eigenvalue weighted by atomic mass is 10.1. The molecule has 1 amide bonds. The third kappa shape index (κ3) is 2.40. The number of aromatic hydroxyl groups is 2. The third-order valence-electron chi connectivity index (χ3n) is 2.42. The molecule has 2 rings (SSSR count). The Morgan fingerprint density at radius 2 is 2.22 bits per heavy atom. The highest BCUT2D eigenvalue weighted by atomic mass is 16.3. The highest BCUT2D eigenvalue weighted by Gasteiger charge is 2.16. The van der Waals surface area contributed by atoms with Gasteiger partial charge in [-0.1, -0.05) is 0 Å². The van der Waals surface area contributed by atoms with Crippen LogP contribution in [0.3, 0.4) is 0 Å². The molecule has 2 aromatic rings. The summed E-state index contributed by atoms with van der Waals surface area (Å²) >= 11 is 0. The van der Waals surface area contributed by atoms with Crippen LogP contribution in [0.1, 0.15) is 29.1 Å². The lowest BCUT2D eigenvalue weighted by molar-refractivity contribution is 0.0935. The average Bonchev–Trinajstić information content (AvgIpc) is 2.85. The summed E-state index contributed by atoms with van der Waals surface area (Å²) in [6.45, 7) is 1.72. The zero-order valence-corrected chi connectivity index (χ0v) is 9.58. The highest BCUT2D eigenvalue weighted by Crippen LogP contribution is 2.22. The van der Waals surface area contributed by atoms with Gasteiger partial charge < -0.3 is 15.5 Å². The Kier molecular flexibility index (Phi) is 3.13. The maximum absolute atomic E-state index is 11.9. The first kappa shape index (κ1) is 11.9. The summed E-state index contributed by atoms with van der Waals surface area (Å²) in [5, 5.41) is 27.8. The van der Waals surface area contributed by atoms with Gasteiger partial charge in [0.2, 0.25) is 0 Å². The molecule has 0 saturated carbocycles. The molecule has 0 bridgehead atoms. The Bertz CT molecular complexity index is 553. The summed E-state index contributed by atoms with van der Waals surface area (Å²) in [6.07, 6.45) is 1.34. The summed E-state index contributed by atoms with van der Waals surface area (Å²) in [5.74, 6) is -0.296. The van der Waals surface area contributed by atoms with Crippen molar-refractivity contribution >= 4 is 5.91 Å². The van der Waals surface area contributed by atoms with E-state index in [4.69, 9.17) is 0 Å². The molecule has 0 aliphatic carbocycles. The van der Waals surface area contributed by atoms with Crippen LogP contribution in [0.5, 0.6) is 11.5 Å². The van der Waals surface area contributed by atoms with Gasteiger partial charge in [0.25, 0.3) is 5.91 Å². The molecule has 0 aliphatic rings. The summed E-state index contributed by atoms with van der Waals surface area (Å²) in [6, 6.07) is 3.36. The zero-order valence-electron chi connectivity index (χ0n) is 9.58. The zero-order chi connectivity index (χ0) is 13.1. The summed E-state index contributed by atoms with van der Waals surface area (Å²) in [7, 11) is 0. The van der Waals surface area contributed by atoms with Crippen LogP contribution in [0.25, 0.3) is 0 Å². The Labute approximate surface area is 103 Å². The van der Waals surface area contributed by atoms with Gasteiger partial charge in [0.05, 0.1) is 11.6 Å². The summed E-state index contributed by atoms with van der Waals surface area (Å²) < 4.78 is 0. The number of carbonyl (C=O) groups excluding carboxylic acids is 1. The van der Waals surface area contributed by atoms with Crippen molar-refractivity contribution in [3.63, 3.8) is 0 Å². The van der Waals surface area contributed by atoms with Crippen molar-refractivity contribution in [3.8, 4) is 11.5 Å². The van der Waals surface area contributed by atoms with Gasteiger partial charge in [-0.3, -0.25) is 9.89 Å². The van der Waals surface area contributed by atoms with Crippen molar-refractivity contribution < 1.29 is 15.0 Å². The van der Waals surface area contributed by atoms with Gasteiger partial charge in [0.1, 0.15) is 23.7 Å². The number of phenolic OH excluding ortho intramolecular Hbond substituents is 2. The first-order valence-corrected chi connectivity index (χ1v) is 5.26. The van der Waals surface area contributed by atoms with Gasteiger partial charge in [-0.25, -0.2) is 4.98 Å². The lowest BCUT2D eigenvalue weighted by Gasteiger charge is -2.11. The fraction of sp³-hybridized carbons (Fsp3) is 0.182. The number of H-pyrrole nitrogens is 1. The Morgan fingerprint density at radius 3 is 2.89 bits per heavy atom. The van der Waals surface area contributed by atoms with Crippen LogP contribution in [0.15, 0.2) is 24.5 Å². The Balaban J connectivity index is 2.15. The average molecular weight is 248 g/mol. The number of aromatic nitrogens is 3. The Morgan fingerprint density at radius 1 is 1.44 bits per heavy atom. The molecule has 1 unspecified atom stereocenters. The standard InChI is InChI=1S/C11H12N4O3/c1-6(10-12-5-13-15-10)14-11(18)8-4-7(16)2-3-9(8)17/h2-6,16-17H,1H3,(H,14,18)(H,12,13,15). The van der Waals surface area contributed by atoms with Crippen LogP contribution in [0, 0.1) is 0 Å². The van der Waals surface area contributed by atoms with Crippen LogP contribution in [-0.4, -0.2) is 31.3 Å². The van der Waals surface area contributed by atoms with E-state index in [0.29, 0.717) is 5.82 Å². The number of benzene rings is 1. The number of amides is 1. The maximum atomic E-state index is 11.9. The van der Waals surface area contributed by atoms with Crippen molar-refractivity contribution in [3.05, 3.63) is 35.9 Å². The Hall–Kier alpha value is -2.57. The van der Waals surface area contributed by atoms with E-state index in [-0.39, 0.29) is 23.1 Å². The predicted molar refractivity (Wildman–Crippen MR) is 62.0 cm³/mol. The topological polar surface area (TPSA) is 111 Å². The second-order valence-electron chi connectivity index (χ2n) is 3.77. The maximum Gasteiger partial charge on any atom is 0.255 e. The van der Waals surface area contributed by atoms with Crippen molar-refractivity contribution in [1.29, 1.82) is 0 Å². The molecule has 94 valence electrons. The summed E-state index contributed by atoms with van der Waals surface area (Å²) in [5.41, 5.74) is 0.00126. The number of nitrogens with zero attached hydrogens (tertiary/aromatic N) is 2. The fourth-order valence-electron chi connectivity index (χ4n) is 1.47. The van der Waals surface area contributed by atoms with Crippen molar-refractivity contribution in [2.45, 2.75) is 13.0 Å². The molecule has 18 heavy (non-hydrogen) atoms. The smallest absolute Gasteiger partial charge is 0.255 e. The monoisotopic (exact) mass is 248 g/mol. The first-order chi connectivity index (χ1) is 8.58. The van der Waals surface area contributed by atoms with Crippen LogP contribution >= 0.6 is 0 Å². The van der Waals surface area contributed by atoms with E-state index in [0.717, 1.165) is 0 Å². The van der Waals surface area contributed by atoms with Gasteiger partial charge in [-0.15, -0.1) is 0 Å². The van der Waals surface area contributed by atoms with E-state index >= 15 is 0 Å². The number of hydrogen-bond donors (Lipinski definition) is 4. The van der Waals surface area contributed by atoms with Gasteiger partial charge in [-0.05, 0) is 25.1 Å². The second kappa shape index (κ2) is 4.74.